The molecule has 0 amide bonds. The van der Waals surface area contributed by atoms with Crippen molar-refractivity contribution in [3.63, 3.8) is 0 Å². The van der Waals surface area contributed by atoms with Crippen molar-refractivity contribution in [2.75, 3.05) is 0 Å². The number of nitrogens with zero attached hydrogens (tertiary/aromatic N) is 1. The van der Waals surface area contributed by atoms with Crippen LogP contribution in [0.25, 0.3) is 0 Å². The number of rotatable bonds is 0. The fourth-order valence-corrected chi connectivity index (χ4v) is 0. The van der Waals surface area contributed by atoms with Gasteiger partial charge in [0.15, 0.2) is 0 Å². The van der Waals surface area contributed by atoms with E-state index < -0.39 is 0 Å². The Labute approximate surface area is 110 Å². The molecule has 0 atom stereocenters. The molecule has 4 heteroatoms. The van der Waals surface area contributed by atoms with Crippen LogP contribution in [-0.4, -0.2) is 0 Å². The minimum absolute atomic E-state index is 0. The maximum Gasteiger partial charge on any atom is 1.00 e. The molecular formula is CH3FeKNNa. The number of hydrogen-bond acceptors (Lipinski definition) is 1. The normalized spacial score (nSPS) is 0.400. The van der Waals surface area contributed by atoms with E-state index in [9.17, 15) is 0 Å². The molecule has 0 aliphatic heterocycles. The van der Waals surface area contributed by atoms with E-state index in [1.54, 1.807) is 0 Å². The zero-order valence-corrected chi connectivity index (χ0v) is 9.61. The van der Waals surface area contributed by atoms with Crippen molar-refractivity contribution >= 4 is 0 Å². The summed E-state index contributed by atoms with van der Waals surface area (Å²) in [6, 6.07) is 0. The molecule has 0 saturated heterocycles. The summed E-state index contributed by atoms with van der Waals surface area (Å²) in [5, 5.41) is 6.50. The molecule has 0 radical (unpaired) electrons. The molecule has 0 unspecified atom stereocenters. The largest absolute Gasteiger partial charge is 1.00 e. The topological polar surface area (TPSA) is 23.8 Å². The maximum absolute atomic E-state index is 6.50. The van der Waals surface area contributed by atoms with Crippen LogP contribution in [0.15, 0.2) is 0 Å². The van der Waals surface area contributed by atoms with E-state index in [4.69, 9.17) is 5.26 Å². The molecular weight excluding hydrogens is 144 g/mol. The molecule has 0 N–H and O–H groups in total. The van der Waals surface area contributed by atoms with E-state index in [1.165, 1.54) is 0 Å². The average molecular weight is 147 g/mol. The monoisotopic (exact) mass is 147 g/mol. The van der Waals surface area contributed by atoms with Crippen LogP contribution in [0.2, 0.25) is 0 Å². The number of hydrogen-bond donors (Lipinski definition) is 0. The summed E-state index contributed by atoms with van der Waals surface area (Å²) in [7, 11) is 0. The van der Waals surface area contributed by atoms with Gasteiger partial charge in [-0.1, -0.05) is 0 Å². The molecule has 0 bridgehead atoms. The van der Waals surface area contributed by atoms with Gasteiger partial charge >= 0.3 is 80.9 Å². The molecule has 0 aliphatic carbocycles. The second kappa shape index (κ2) is 30.3. The predicted molar refractivity (Wildman–Crippen MR) is 8.89 cm³/mol. The van der Waals surface area contributed by atoms with Crippen LogP contribution in [0, 0.1) is 11.8 Å². The Hall–Kier alpha value is 2.65. The smallest absolute Gasteiger partial charge is 1.00 e. The van der Waals surface area contributed by atoms with Crippen molar-refractivity contribution in [3.8, 4) is 6.57 Å². The minimum atomic E-state index is 0. The van der Waals surface area contributed by atoms with Gasteiger partial charge in [-0.2, -0.15) is 0 Å². The first-order chi connectivity index (χ1) is 1.00. The van der Waals surface area contributed by atoms with E-state index in [-0.39, 0.29) is 101 Å². The Kier molecular flexibility index (Phi) is 154. The third kappa shape index (κ3) is 20.5. The van der Waals surface area contributed by atoms with Gasteiger partial charge in [-0.25, -0.2) is 5.26 Å². The van der Waals surface area contributed by atoms with Crippen LogP contribution >= 0.6 is 0 Å². The second-order valence-electron chi connectivity index (χ2n) is 0. The van der Waals surface area contributed by atoms with Gasteiger partial charge in [0.2, 0.25) is 0 Å². The summed E-state index contributed by atoms with van der Waals surface area (Å²) in [5.41, 5.74) is 0. The van der Waals surface area contributed by atoms with Crippen molar-refractivity contribution in [2.45, 2.75) is 0 Å². The standard InChI is InChI=1S/CHN.Fe.K.Na.2H/c1-2;;;;;/h1H;;;;;/q;;2*+1;2*-1. The van der Waals surface area contributed by atoms with Crippen LogP contribution in [0.1, 0.15) is 2.85 Å². The third-order valence-electron chi connectivity index (χ3n) is 0. The van der Waals surface area contributed by atoms with Crippen molar-refractivity contribution in [3.05, 3.63) is 0 Å². The quantitative estimate of drug-likeness (QED) is 0.313. The van der Waals surface area contributed by atoms with Gasteiger partial charge in [-0.05, 0) is 0 Å². The van der Waals surface area contributed by atoms with Gasteiger partial charge in [-0.15, -0.1) is 0 Å². The Morgan fingerprint density at radius 2 is 1.40 bits per heavy atom. The third-order valence-corrected chi connectivity index (χ3v) is 0. The van der Waals surface area contributed by atoms with Gasteiger partial charge in [0.05, 0.1) is 0 Å². The SMILES string of the molecule is C#N.[Fe].[H-].[H-].[K+].[Na+]. The first kappa shape index (κ1) is 25.4. The Morgan fingerprint density at radius 1 is 1.40 bits per heavy atom. The molecule has 22 valence electrons. The molecule has 0 aromatic carbocycles. The molecule has 1 nitrogen and oxygen atoms in total. The van der Waals surface area contributed by atoms with Crippen molar-refractivity contribution < 1.29 is 101 Å². The molecule has 0 aromatic heterocycles. The van der Waals surface area contributed by atoms with E-state index in [0.29, 0.717) is 0 Å². The second-order valence-corrected chi connectivity index (χ2v) is 0. The van der Waals surface area contributed by atoms with Crippen LogP contribution in [0.5, 0.6) is 0 Å². The van der Waals surface area contributed by atoms with Gasteiger partial charge in [0.1, 0.15) is 0 Å². The van der Waals surface area contributed by atoms with Gasteiger partial charge in [0, 0.05) is 23.6 Å². The van der Waals surface area contributed by atoms with Crippen molar-refractivity contribution in [2.24, 2.45) is 0 Å². The molecule has 0 saturated carbocycles. The van der Waals surface area contributed by atoms with E-state index in [1.807, 2.05) is 0 Å². The summed E-state index contributed by atoms with van der Waals surface area (Å²) in [6.45, 7) is 3.50. The molecule has 5 heavy (non-hydrogen) atoms. The number of nitriles is 1. The Bertz CT molecular complexity index is 22.4. The fourth-order valence-electron chi connectivity index (χ4n) is 0. The summed E-state index contributed by atoms with van der Waals surface area (Å²) in [6.07, 6.45) is 0. The summed E-state index contributed by atoms with van der Waals surface area (Å²) in [4.78, 5) is 0. The van der Waals surface area contributed by atoms with Crippen molar-refractivity contribution in [1.82, 2.24) is 0 Å². The molecule has 0 rings (SSSR count). The zero-order chi connectivity index (χ0) is 2.00. The van der Waals surface area contributed by atoms with Gasteiger partial charge in [0.25, 0.3) is 0 Å². The van der Waals surface area contributed by atoms with E-state index in [2.05, 4.69) is 6.57 Å². The minimum Gasteiger partial charge on any atom is -1.00 e. The van der Waals surface area contributed by atoms with Crippen LogP contribution < -0.4 is 80.9 Å². The first-order valence-electron chi connectivity index (χ1n) is 0.258. The molecule has 0 heterocycles. The Morgan fingerprint density at radius 3 is 1.40 bits per heavy atom. The summed E-state index contributed by atoms with van der Waals surface area (Å²) in [5.74, 6) is 0. The van der Waals surface area contributed by atoms with Crippen LogP contribution in [0.4, 0.5) is 0 Å². The van der Waals surface area contributed by atoms with Crippen LogP contribution in [-0.2, 0) is 17.1 Å². The molecule has 0 fully saturated rings. The fraction of sp³-hybridized carbons (Fsp3) is 0. The average Bonchev–Trinajstić information content (AvgIpc) is 1.00. The van der Waals surface area contributed by atoms with Gasteiger partial charge in [-0.3, -0.25) is 0 Å². The summed E-state index contributed by atoms with van der Waals surface area (Å²) >= 11 is 0. The van der Waals surface area contributed by atoms with Crippen molar-refractivity contribution in [1.29, 1.82) is 5.26 Å². The van der Waals surface area contributed by atoms with E-state index >= 15 is 0 Å². The molecule has 0 aromatic rings. The molecule has 0 spiro atoms. The van der Waals surface area contributed by atoms with E-state index in [0.717, 1.165) is 0 Å². The first-order valence-corrected chi connectivity index (χ1v) is 0.258. The van der Waals surface area contributed by atoms with Gasteiger partial charge < -0.3 is 2.85 Å². The Balaban J connectivity index is -0.000000000500. The maximum atomic E-state index is 6.50. The summed E-state index contributed by atoms with van der Waals surface area (Å²) < 4.78 is 0. The predicted octanol–water partition coefficient (Wildman–Crippen LogP) is -5.63. The zero-order valence-electron chi connectivity index (χ0n) is 5.38. The van der Waals surface area contributed by atoms with Crippen LogP contribution in [0.3, 0.4) is 0 Å². The molecule has 0 aliphatic rings.